The second kappa shape index (κ2) is 6.48. The Labute approximate surface area is 162 Å². The number of nitrogens with zero attached hydrogens (tertiary/aromatic N) is 2. The van der Waals surface area contributed by atoms with Crippen molar-refractivity contribution >= 4 is 22.7 Å². The van der Waals surface area contributed by atoms with Gasteiger partial charge in [-0.05, 0) is 57.6 Å². The molecule has 1 atom stereocenters. The van der Waals surface area contributed by atoms with Crippen LogP contribution in [0.15, 0.2) is 18.2 Å². The van der Waals surface area contributed by atoms with Gasteiger partial charge in [0.05, 0.1) is 4.92 Å². The first-order valence-corrected chi connectivity index (χ1v) is 9.74. The molecule has 2 aromatic rings. The van der Waals surface area contributed by atoms with E-state index in [1.165, 1.54) is 11.0 Å². The Hall–Kier alpha value is -2.61. The lowest BCUT2D eigenvalue weighted by molar-refractivity contribution is -0.384. The van der Waals surface area contributed by atoms with Crippen molar-refractivity contribution in [3.63, 3.8) is 0 Å². The molecular weight excluding hydrogens is 362 g/mol. The number of H-pyrrole nitrogens is 1. The number of non-ortho nitro benzene ring substituents is 1. The van der Waals surface area contributed by atoms with E-state index in [0.29, 0.717) is 19.3 Å². The molecule has 28 heavy (non-hydrogen) atoms. The molecule has 8 heteroatoms. The van der Waals surface area contributed by atoms with Gasteiger partial charge in [-0.3, -0.25) is 15.0 Å². The summed E-state index contributed by atoms with van der Waals surface area (Å²) in [6.45, 7) is 3.85. The maximum Gasteiger partial charge on any atom is 0.412 e. The second-order valence-corrected chi connectivity index (χ2v) is 8.06. The van der Waals surface area contributed by atoms with E-state index in [0.717, 1.165) is 41.4 Å². The first-order valence-electron chi connectivity index (χ1n) is 9.74. The van der Waals surface area contributed by atoms with Gasteiger partial charge in [-0.15, -0.1) is 0 Å². The van der Waals surface area contributed by atoms with Crippen LogP contribution in [0.25, 0.3) is 10.9 Å². The van der Waals surface area contributed by atoms with Crippen molar-refractivity contribution in [2.75, 3.05) is 6.54 Å². The average molecular weight is 387 g/mol. The summed E-state index contributed by atoms with van der Waals surface area (Å²) in [5.74, 6) is 0. The average Bonchev–Trinajstić information content (AvgIpc) is 3.04. The number of nitro groups is 1. The molecule has 1 aliphatic carbocycles. The molecule has 2 fully saturated rings. The van der Waals surface area contributed by atoms with Crippen molar-refractivity contribution in [1.29, 1.82) is 0 Å². The Kier molecular flexibility index (Phi) is 4.33. The topological polar surface area (TPSA) is 109 Å². The third kappa shape index (κ3) is 2.74. The number of fused-ring (bicyclic) bond motifs is 1. The zero-order valence-corrected chi connectivity index (χ0v) is 16.2. The SMILES string of the molecule is Cc1[nH]c2ccc([N+](=O)[O-])cc2c1CCN1C(=O)OC2(CCCCC2)C1(C)O. The van der Waals surface area contributed by atoms with Gasteiger partial charge in [-0.2, -0.15) is 0 Å². The number of carbonyl (C=O) groups excluding carboxylic acids is 1. The number of amides is 1. The lowest BCUT2D eigenvalue weighted by atomic mass is 9.77. The minimum Gasteiger partial charge on any atom is -0.438 e. The number of aryl methyl sites for hydroxylation is 1. The van der Waals surface area contributed by atoms with Gasteiger partial charge in [0.15, 0.2) is 11.3 Å². The third-order valence-electron chi connectivity index (χ3n) is 6.45. The van der Waals surface area contributed by atoms with Crippen LogP contribution in [0.5, 0.6) is 0 Å². The van der Waals surface area contributed by atoms with E-state index in [1.807, 2.05) is 6.92 Å². The molecule has 1 aliphatic heterocycles. The number of aromatic nitrogens is 1. The predicted octanol–water partition coefficient (Wildman–Crippen LogP) is 3.79. The van der Waals surface area contributed by atoms with E-state index in [2.05, 4.69) is 4.98 Å². The van der Waals surface area contributed by atoms with Gasteiger partial charge in [0.25, 0.3) is 5.69 Å². The predicted molar refractivity (Wildman–Crippen MR) is 103 cm³/mol. The normalized spacial score (nSPS) is 24.1. The summed E-state index contributed by atoms with van der Waals surface area (Å²) in [6.07, 6.45) is 4.26. The van der Waals surface area contributed by atoms with Gasteiger partial charge in [0.2, 0.25) is 0 Å². The Bertz CT molecular complexity index is 943. The molecular formula is C20H25N3O5. The molecule has 4 rings (SSSR count). The zero-order valence-electron chi connectivity index (χ0n) is 16.2. The lowest BCUT2D eigenvalue weighted by Gasteiger charge is -2.42. The molecule has 2 heterocycles. The molecule has 1 unspecified atom stereocenters. The van der Waals surface area contributed by atoms with Crippen LogP contribution in [0.3, 0.4) is 0 Å². The fourth-order valence-corrected chi connectivity index (χ4v) is 4.78. The monoisotopic (exact) mass is 387 g/mol. The molecule has 2 aliphatic rings. The minimum atomic E-state index is -1.36. The summed E-state index contributed by atoms with van der Waals surface area (Å²) in [5.41, 5.74) is 0.452. The number of benzene rings is 1. The largest absolute Gasteiger partial charge is 0.438 e. The molecule has 0 bridgehead atoms. The molecule has 1 amide bonds. The molecule has 2 N–H and O–H groups in total. The molecule has 0 radical (unpaired) electrons. The highest BCUT2D eigenvalue weighted by Gasteiger charge is 2.61. The standard InChI is InChI=1S/C20H25N3O5/c1-13-15(16-12-14(23(26)27)6-7-17(16)21-13)8-11-22-18(24)28-20(19(22,2)25)9-4-3-5-10-20/h6-7,12,21,25H,3-5,8-11H2,1-2H3. The number of aliphatic hydroxyl groups is 1. The first-order chi connectivity index (χ1) is 13.2. The van der Waals surface area contributed by atoms with Crippen molar-refractivity contribution in [2.24, 2.45) is 0 Å². The quantitative estimate of drug-likeness (QED) is 0.613. The van der Waals surface area contributed by atoms with Crippen molar-refractivity contribution in [1.82, 2.24) is 9.88 Å². The Morgan fingerprint density at radius 1 is 1.32 bits per heavy atom. The van der Waals surface area contributed by atoms with Gasteiger partial charge in [0, 0.05) is 35.3 Å². The summed E-state index contributed by atoms with van der Waals surface area (Å²) in [4.78, 5) is 27.9. The van der Waals surface area contributed by atoms with Crippen molar-refractivity contribution < 1.29 is 19.6 Å². The van der Waals surface area contributed by atoms with E-state index in [9.17, 15) is 20.0 Å². The summed E-state index contributed by atoms with van der Waals surface area (Å²) in [7, 11) is 0. The number of hydrogen-bond donors (Lipinski definition) is 2. The van der Waals surface area contributed by atoms with Crippen LogP contribution >= 0.6 is 0 Å². The maximum atomic E-state index is 12.6. The fourth-order valence-electron chi connectivity index (χ4n) is 4.78. The van der Waals surface area contributed by atoms with Crippen LogP contribution in [0.1, 0.15) is 50.3 Å². The van der Waals surface area contributed by atoms with Crippen LogP contribution in [0.4, 0.5) is 10.5 Å². The number of ether oxygens (including phenoxy) is 1. The lowest BCUT2D eigenvalue weighted by Crippen LogP contribution is -2.57. The highest BCUT2D eigenvalue weighted by atomic mass is 16.6. The number of nitro benzene ring substituents is 1. The van der Waals surface area contributed by atoms with Crippen LogP contribution in [0, 0.1) is 17.0 Å². The van der Waals surface area contributed by atoms with Crippen LogP contribution in [0.2, 0.25) is 0 Å². The number of hydrogen-bond acceptors (Lipinski definition) is 5. The smallest absolute Gasteiger partial charge is 0.412 e. The molecule has 1 aromatic heterocycles. The molecule has 1 saturated heterocycles. The summed E-state index contributed by atoms with van der Waals surface area (Å²) in [6, 6.07) is 4.72. The molecule has 8 nitrogen and oxygen atoms in total. The number of aromatic amines is 1. The van der Waals surface area contributed by atoms with E-state index in [1.54, 1.807) is 19.1 Å². The highest BCUT2D eigenvalue weighted by Crippen LogP contribution is 2.47. The first kappa shape index (κ1) is 18.7. The maximum absolute atomic E-state index is 12.6. The minimum absolute atomic E-state index is 0.0292. The number of carbonyl (C=O) groups is 1. The zero-order chi connectivity index (χ0) is 20.1. The summed E-state index contributed by atoms with van der Waals surface area (Å²) in [5, 5.41) is 23.1. The number of nitrogens with one attached hydrogen (secondary N) is 1. The van der Waals surface area contributed by atoms with Crippen molar-refractivity contribution in [3.8, 4) is 0 Å². The third-order valence-corrected chi connectivity index (χ3v) is 6.45. The van der Waals surface area contributed by atoms with Crippen molar-refractivity contribution in [2.45, 2.75) is 63.7 Å². The van der Waals surface area contributed by atoms with E-state index < -0.39 is 22.3 Å². The van der Waals surface area contributed by atoms with E-state index >= 15 is 0 Å². The van der Waals surface area contributed by atoms with Crippen LogP contribution in [-0.2, 0) is 11.2 Å². The van der Waals surface area contributed by atoms with Gasteiger partial charge in [-0.1, -0.05) is 6.42 Å². The fraction of sp³-hybridized carbons (Fsp3) is 0.550. The van der Waals surface area contributed by atoms with Crippen LogP contribution in [-0.4, -0.2) is 43.9 Å². The van der Waals surface area contributed by atoms with Gasteiger partial charge in [0.1, 0.15) is 0 Å². The second-order valence-electron chi connectivity index (χ2n) is 8.06. The number of rotatable bonds is 4. The molecule has 1 spiro atoms. The van der Waals surface area contributed by atoms with Gasteiger partial charge in [-0.25, -0.2) is 4.79 Å². The Morgan fingerprint density at radius 2 is 2.04 bits per heavy atom. The van der Waals surface area contributed by atoms with E-state index in [4.69, 9.17) is 4.74 Å². The summed E-state index contributed by atoms with van der Waals surface area (Å²) < 4.78 is 5.70. The summed E-state index contributed by atoms with van der Waals surface area (Å²) >= 11 is 0. The van der Waals surface area contributed by atoms with Gasteiger partial charge >= 0.3 is 6.09 Å². The highest BCUT2D eigenvalue weighted by molar-refractivity contribution is 5.86. The van der Waals surface area contributed by atoms with E-state index in [-0.39, 0.29) is 12.2 Å². The van der Waals surface area contributed by atoms with Gasteiger partial charge < -0.3 is 14.8 Å². The van der Waals surface area contributed by atoms with Crippen LogP contribution < -0.4 is 0 Å². The van der Waals surface area contributed by atoms with Crippen molar-refractivity contribution in [3.05, 3.63) is 39.6 Å². The Balaban J connectivity index is 1.60. The molecule has 150 valence electrons. The molecule has 1 saturated carbocycles. The Morgan fingerprint density at radius 3 is 2.71 bits per heavy atom. The molecule has 1 aromatic carbocycles.